The van der Waals surface area contributed by atoms with Crippen molar-refractivity contribution in [2.24, 2.45) is 0 Å². The average molecular weight is 787 g/mol. The minimum Gasteiger partial charge on any atom is -0.474 e. The van der Waals surface area contributed by atoms with E-state index in [1.165, 1.54) is 10.3 Å². The summed E-state index contributed by atoms with van der Waals surface area (Å²) in [7, 11) is 0. The molecule has 0 N–H and O–H groups in total. The Labute approximate surface area is 313 Å². The number of carbonyl (C=O) groups excluding carboxylic acids is 2. The summed E-state index contributed by atoms with van der Waals surface area (Å²) in [6.45, 7) is 5.57. The van der Waals surface area contributed by atoms with E-state index < -0.39 is 51.9 Å². The Morgan fingerprint density at radius 1 is 1.02 bits per heavy atom. The van der Waals surface area contributed by atoms with Crippen molar-refractivity contribution in [3.05, 3.63) is 80.3 Å². The predicted octanol–water partition coefficient (Wildman–Crippen LogP) is 8.12. The van der Waals surface area contributed by atoms with Crippen LogP contribution in [-0.4, -0.2) is 88.6 Å². The van der Waals surface area contributed by atoms with Crippen molar-refractivity contribution in [3.63, 3.8) is 0 Å². The lowest BCUT2D eigenvalue weighted by Gasteiger charge is -2.51. The first kappa shape index (κ1) is 39.3. The molecule has 2 fully saturated rings. The third-order valence-electron chi connectivity index (χ3n) is 10.3. The van der Waals surface area contributed by atoms with Crippen molar-refractivity contribution in [1.29, 1.82) is 0 Å². The van der Waals surface area contributed by atoms with E-state index in [1.807, 2.05) is 12.1 Å². The van der Waals surface area contributed by atoms with Gasteiger partial charge in [-0.15, -0.1) is 11.3 Å². The van der Waals surface area contributed by atoms with Gasteiger partial charge in [0.15, 0.2) is 0 Å². The zero-order valence-corrected chi connectivity index (χ0v) is 30.7. The number of benzene rings is 1. The lowest BCUT2D eigenvalue weighted by atomic mass is 9.78. The molecule has 0 radical (unpaired) electrons. The van der Waals surface area contributed by atoms with Crippen molar-refractivity contribution in [3.8, 4) is 5.75 Å². The van der Waals surface area contributed by atoms with E-state index in [4.69, 9.17) is 21.1 Å². The Balaban J connectivity index is 1.42. The number of fused-ring (bicyclic) bond motifs is 1. The van der Waals surface area contributed by atoms with Crippen LogP contribution in [0.5, 0.6) is 5.75 Å². The van der Waals surface area contributed by atoms with E-state index in [0.29, 0.717) is 48.8 Å². The lowest BCUT2D eigenvalue weighted by molar-refractivity contribution is -0.163. The second-order valence-corrected chi connectivity index (χ2v) is 15.1. The first-order valence-corrected chi connectivity index (χ1v) is 19.0. The topological polar surface area (TPSA) is 75.2 Å². The third kappa shape index (κ3) is 8.63. The monoisotopic (exact) mass is 786 g/mol. The van der Waals surface area contributed by atoms with Crippen LogP contribution in [0, 0.1) is 0 Å². The Kier molecular flexibility index (Phi) is 12.0. The van der Waals surface area contributed by atoms with Gasteiger partial charge in [0.05, 0.1) is 24.8 Å². The van der Waals surface area contributed by atoms with Crippen LogP contribution in [-0.2, 0) is 34.8 Å². The number of piperidine rings is 1. The highest BCUT2D eigenvalue weighted by molar-refractivity contribution is 7.10. The summed E-state index contributed by atoms with van der Waals surface area (Å²) < 4.78 is 95.8. The SMILES string of the molecule is CCC[C@H]1N(C(=O)c2ncccc2C(F)(F)F)CCC[C@@]1(Oc1csc(C(F)(F)F)c1)C(=O)N1Cc2ccc(Cl)cc2C[C@@H]1CCCN1CCOCC1. The molecule has 0 aliphatic carbocycles. The summed E-state index contributed by atoms with van der Waals surface area (Å²) in [6.07, 6.45) is -5.99. The average Bonchev–Trinajstić information content (AvgIpc) is 3.61. The second-order valence-electron chi connectivity index (χ2n) is 13.7. The molecule has 16 heteroatoms. The molecule has 6 rings (SSSR count). The van der Waals surface area contributed by atoms with Gasteiger partial charge in [0, 0.05) is 61.3 Å². The van der Waals surface area contributed by atoms with Gasteiger partial charge in [-0.2, -0.15) is 26.3 Å². The fourth-order valence-corrected chi connectivity index (χ4v) is 8.68. The number of likely N-dealkylation sites (tertiary alicyclic amines) is 1. The molecule has 288 valence electrons. The van der Waals surface area contributed by atoms with Gasteiger partial charge in [-0.3, -0.25) is 19.5 Å². The summed E-state index contributed by atoms with van der Waals surface area (Å²) in [5, 5.41) is 1.72. The van der Waals surface area contributed by atoms with Crippen LogP contribution in [0.4, 0.5) is 26.3 Å². The maximum absolute atomic E-state index is 15.4. The fraction of sp³-hybridized carbons (Fsp3) is 0.541. The number of carbonyl (C=O) groups is 2. The van der Waals surface area contributed by atoms with Gasteiger partial charge in [0.1, 0.15) is 16.3 Å². The highest BCUT2D eigenvalue weighted by atomic mass is 35.5. The van der Waals surface area contributed by atoms with Gasteiger partial charge < -0.3 is 19.3 Å². The zero-order chi connectivity index (χ0) is 38.0. The van der Waals surface area contributed by atoms with Crippen LogP contribution < -0.4 is 4.74 Å². The number of rotatable bonds is 10. The Hall–Kier alpha value is -3.40. The quantitative estimate of drug-likeness (QED) is 0.194. The lowest BCUT2D eigenvalue weighted by Crippen LogP contribution is -2.69. The van der Waals surface area contributed by atoms with Gasteiger partial charge in [0.2, 0.25) is 5.60 Å². The number of amides is 2. The molecule has 8 nitrogen and oxygen atoms in total. The highest BCUT2D eigenvalue weighted by Gasteiger charge is 2.57. The Morgan fingerprint density at radius 3 is 2.49 bits per heavy atom. The molecule has 3 aliphatic heterocycles. The minimum absolute atomic E-state index is 0.00247. The van der Waals surface area contributed by atoms with Crippen LogP contribution in [0.2, 0.25) is 5.02 Å². The Bertz CT molecular complexity index is 1770. The number of thiophene rings is 1. The van der Waals surface area contributed by atoms with E-state index in [1.54, 1.807) is 17.9 Å². The molecule has 0 spiro atoms. The van der Waals surface area contributed by atoms with Crippen LogP contribution in [0.1, 0.15) is 77.5 Å². The fourth-order valence-electron chi connectivity index (χ4n) is 7.80. The van der Waals surface area contributed by atoms with Gasteiger partial charge in [0.25, 0.3) is 11.8 Å². The van der Waals surface area contributed by atoms with Crippen LogP contribution in [0.15, 0.2) is 48.0 Å². The van der Waals surface area contributed by atoms with Gasteiger partial charge in [-0.1, -0.05) is 31.0 Å². The number of halogens is 7. The number of ether oxygens (including phenoxy) is 2. The van der Waals surface area contributed by atoms with E-state index in [9.17, 15) is 31.1 Å². The summed E-state index contributed by atoms with van der Waals surface area (Å²) in [5.74, 6) is -1.76. The summed E-state index contributed by atoms with van der Waals surface area (Å²) in [6, 6.07) is 6.65. The predicted molar refractivity (Wildman–Crippen MR) is 187 cm³/mol. The number of hydrogen-bond donors (Lipinski definition) is 0. The standard InChI is InChI=1S/C37H41ClF6N4O4S/c1-2-6-30-35(52-28-21-31(53-23-28)37(42,43)44,11-5-14-47(30)33(49)32-29(36(39,40)41)8-3-12-45-32)34(50)48-22-24-9-10-26(38)19-25(24)20-27(48)7-4-13-46-15-17-51-18-16-46/h3,8-10,12,19,21,23,27,30H,2,4-7,11,13-18,20,22H2,1H3/t27-,30+,35-/m0/s1. The smallest absolute Gasteiger partial charge is 0.425 e. The number of hydrogen-bond acceptors (Lipinski definition) is 7. The zero-order valence-electron chi connectivity index (χ0n) is 29.1. The number of nitrogens with zero attached hydrogens (tertiary/aromatic N) is 4. The normalized spacial score (nSPS) is 22.8. The van der Waals surface area contributed by atoms with Crippen LogP contribution in [0.25, 0.3) is 0 Å². The number of pyridine rings is 1. The van der Waals surface area contributed by atoms with E-state index in [0.717, 1.165) is 61.6 Å². The van der Waals surface area contributed by atoms with Crippen LogP contribution in [0.3, 0.4) is 0 Å². The van der Waals surface area contributed by atoms with Crippen LogP contribution >= 0.6 is 22.9 Å². The highest BCUT2D eigenvalue weighted by Crippen LogP contribution is 2.44. The molecular formula is C37H41ClF6N4O4S. The third-order valence-corrected chi connectivity index (χ3v) is 11.5. The molecule has 3 atom stereocenters. The molecule has 53 heavy (non-hydrogen) atoms. The first-order chi connectivity index (χ1) is 25.2. The Morgan fingerprint density at radius 2 is 1.79 bits per heavy atom. The molecule has 1 aromatic carbocycles. The van der Waals surface area contributed by atoms with E-state index in [-0.39, 0.29) is 44.1 Å². The second kappa shape index (κ2) is 16.1. The molecule has 0 saturated carbocycles. The van der Waals surface area contributed by atoms with E-state index >= 15 is 4.79 Å². The van der Waals surface area contributed by atoms with Gasteiger partial charge in [-0.25, -0.2) is 0 Å². The largest absolute Gasteiger partial charge is 0.474 e. The summed E-state index contributed by atoms with van der Waals surface area (Å²) in [5.41, 5.74) is -2.14. The molecule has 0 unspecified atom stereocenters. The summed E-state index contributed by atoms with van der Waals surface area (Å²) >= 11 is 6.79. The van der Waals surface area contributed by atoms with E-state index in [2.05, 4.69) is 9.88 Å². The maximum atomic E-state index is 15.4. The molecule has 0 bridgehead atoms. The first-order valence-electron chi connectivity index (χ1n) is 17.8. The maximum Gasteiger partial charge on any atom is 0.425 e. The molecule has 3 aromatic rings. The number of morpholine rings is 1. The molecule has 2 saturated heterocycles. The van der Waals surface area contributed by atoms with Crippen molar-refractivity contribution in [2.45, 2.75) is 88.5 Å². The molecular weight excluding hydrogens is 746 g/mol. The van der Waals surface area contributed by atoms with Gasteiger partial charge in [-0.05, 0) is 74.0 Å². The van der Waals surface area contributed by atoms with Crippen molar-refractivity contribution in [1.82, 2.24) is 19.7 Å². The number of alkyl halides is 6. The molecule has 5 heterocycles. The minimum atomic E-state index is -4.89. The number of aromatic nitrogens is 1. The molecule has 3 aliphatic rings. The van der Waals surface area contributed by atoms with Crippen molar-refractivity contribution < 1.29 is 45.4 Å². The molecule has 2 aromatic heterocycles. The van der Waals surface area contributed by atoms with Crippen molar-refractivity contribution >= 4 is 34.8 Å². The van der Waals surface area contributed by atoms with Crippen molar-refractivity contribution in [2.75, 3.05) is 39.4 Å². The molecule has 2 amide bonds. The summed E-state index contributed by atoms with van der Waals surface area (Å²) in [4.78, 5) is 37.7. The van der Waals surface area contributed by atoms with Gasteiger partial charge >= 0.3 is 12.4 Å².